The predicted octanol–water partition coefficient (Wildman–Crippen LogP) is 3.03. The number of alkyl halides is 1. The lowest BCUT2D eigenvalue weighted by atomic mass is 10.0. The van der Waals surface area contributed by atoms with Crippen LogP contribution in [0.25, 0.3) is 0 Å². The molecular weight excluding hydrogens is 278 g/mol. The van der Waals surface area contributed by atoms with Gasteiger partial charge in [-0.1, -0.05) is 43.6 Å². The van der Waals surface area contributed by atoms with Gasteiger partial charge in [-0.15, -0.1) is 0 Å². The summed E-state index contributed by atoms with van der Waals surface area (Å²) in [5.74, 6) is 0. The molecule has 3 nitrogen and oxygen atoms in total. The van der Waals surface area contributed by atoms with Crippen LogP contribution in [0, 0.1) is 0 Å². The van der Waals surface area contributed by atoms with Crippen LogP contribution in [0.3, 0.4) is 0 Å². The highest BCUT2D eigenvalue weighted by molar-refractivity contribution is 9.09. The molecule has 5 heteroatoms. The zero-order valence-electron chi connectivity index (χ0n) is 7.58. The van der Waals surface area contributed by atoms with E-state index in [1.807, 2.05) is 0 Å². The minimum absolute atomic E-state index is 0. The Labute approximate surface area is 103 Å². The van der Waals surface area contributed by atoms with E-state index in [9.17, 15) is 8.42 Å². The van der Waals surface area contributed by atoms with Crippen molar-refractivity contribution in [1.29, 1.82) is 0 Å². The number of halogens is 1. The van der Waals surface area contributed by atoms with Crippen LogP contribution in [-0.4, -0.2) is 18.5 Å². The van der Waals surface area contributed by atoms with Gasteiger partial charge in [0.05, 0.1) is 5.25 Å². The third-order valence-corrected chi connectivity index (χ3v) is 4.87. The summed E-state index contributed by atoms with van der Waals surface area (Å²) in [6.07, 6.45) is 6.79. The largest absolute Gasteiger partial charge is 0.228 e. The molecule has 0 aliphatic heterocycles. The summed E-state index contributed by atoms with van der Waals surface area (Å²) >= 11 is 3.46. The second-order valence-electron chi connectivity index (χ2n) is 3.67. The number of hydrogen-bond acceptors (Lipinski definition) is 2. The fraction of sp³-hybridized carbons (Fsp3) is 1.00. The van der Waals surface area contributed by atoms with Crippen molar-refractivity contribution in [3.05, 3.63) is 0 Å². The van der Waals surface area contributed by atoms with Crippen molar-refractivity contribution in [3.8, 4) is 0 Å². The number of rotatable bonds is 1. The Hall–Kier alpha value is 0.390. The highest BCUT2D eigenvalue weighted by atomic mass is 79.9. The monoisotopic (exact) mass is 301 g/mol. The highest BCUT2D eigenvalue weighted by Crippen LogP contribution is 2.25. The first-order valence-corrected chi connectivity index (χ1v) is 7.18. The molecule has 2 fully saturated rings. The standard InChI is InChI=1S/C4H7Br.C4H9NO2S.2CH4/c5-4-2-1-3-4;5-8(6,7)4-2-1-3-4;;/h4H,1-3H2;4H,1-3H2,(H2,5,6,7);2*1H4. The molecule has 0 bridgehead atoms. The Bertz CT molecular complexity index is 246. The lowest BCUT2D eigenvalue weighted by Gasteiger charge is -2.21. The molecule has 2 N–H and O–H groups in total. The summed E-state index contributed by atoms with van der Waals surface area (Å²) in [6, 6.07) is 0. The molecule has 15 heavy (non-hydrogen) atoms. The van der Waals surface area contributed by atoms with Crippen LogP contribution in [-0.2, 0) is 10.0 Å². The first kappa shape index (κ1) is 17.8. The average Bonchev–Trinajstić information content (AvgIpc) is 1.76. The molecule has 0 aromatic carbocycles. The minimum atomic E-state index is -3.17. The fourth-order valence-corrected chi connectivity index (χ4v) is 2.70. The van der Waals surface area contributed by atoms with E-state index in [-0.39, 0.29) is 20.1 Å². The van der Waals surface area contributed by atoms with E-state index in [0.29, 0.717) is 0 Å². The fourth-order valence-electron chi connectivity index (χ4n) is 1.06. The summed E-state index contributed by atoms with van der Waals surface area (Å²) in [5, 5.41) is 4.59. The number of sulfonamides is 1. The highest BCUT2D eigenvalue weighted by Gasteiger charge is 2.27. The molecule has 94 valence electrons. The molecule has 0 aromatic rings. The first-order chi connectivity index (χ1) is 6.00. The van der Waals surface area contributed by atoms with E-state index in [0.717, 1.165) is 24.1 Å². The van der Waals surface area contributed by atoms with Crippen molar-refractivity contribution in [3.63, 3.8) is 0 Å². The van der Waals surface area contributed by atoms with Crippen molar-refractivity contribution < 1.29 is 8.42 Å². The van der Waals surface area contributed by atoms with Crippen molar-refractivity contribution in [1.82, 2.24) is 0 Å². The van der Waals surface area contributed by atoms with Gasteiger partial charge in [0.1, 0.15) is 0 Å². The number of hydrogen-bond donors (Lipinski definition) is 1. The molecule has 0 saturated heterocycles. The van der Waals surface area contributed by atoms with Crippen LogP contribution in [0.5, 0.6) is 0 Å². The normalized spacial score (nSPS) is 20.7. The average molecular weight is 302 g/mol. The van der Waals surface area contributed by atoms with Crippen LogP contribution in [0.2, 0.25) is 0 Å². The molecule has 2 aliphatic carbocycles. The number of primary sulfonamides is 1. The molecule has 0 spiro atoms. The second-order valence-corrected chi connectivity index (χ2v) is 6.81. The van der Waals surface area contributed by atoms with E-state index in [2.05, 4.69) is 15.9 Å². The third-order valence-electron chi connectivity index (χ3n) is 2.55. The summed E-state index contributed by atoms with van der Waals surface area (Å²) in [6.45, 7) is 0. The van der Waals surface area contributed by atoms with Crippen LogP contribution in [0.1, 0.15) is 53.4 Å². The van der Waals surface area contributed by atoms with Crippen molar-refractivity contribution >= 4 is 26.0 Å². The van der Waals surface area contributed by atoms with Crippen LogP contribution in [0.15, 0.2) is 0 Å². The quantitative estimate of drug-likeness (QED) is 0.757. The smallest absolute Gasteiger partial charge is 0.211 e. The van der Waals surface area contributed by atoms with E-state index in [1.54, 1.807) is 0 Å². The molecule has 2 aliphatic rings. The lowest BCUT2D eigenvalue weighted by Crippen LogP contribution is -2.33. The van der Waals surface area contributed by atoms with E-state index in [4.69, 9.17) is 5.14 Å². The molecule has 2 rings (SSSR count). The van der Waals surface area contributed by atoms with Gasteiger partial charge in [0.2, 0.25) is 10.0 Å². The minimum Gasteiger partial charge on any atom is -0.228 e. The third kappa shape index (κ3) is 6.53. The molecular formula is C10H24BrNO2S. The van der Waals surface area contributed by atoms with E-state index < -0.39 is 10.0 Å². The van der Waals surface area contributed by atoms with Gasteiger partial charge in [0, 0.05) is 4.83 Å². The van der Waals surface area contributed by atoms with Gasteiger partial charge in [-0.05, 0) is 25.7 Å². The maximum absolute atomic E-state index is 10.4. The SMILES string of the molecule is BrC1CCC1.C.C.NS(=O)(=O)C1CCC1. The van der Waals surface area contributed by atoms with Gasteiger partial charge in [0.25, 0.3) is 0 Å². The molecule has 0 aromatic heterocycles. The van der Waals surface area contributed by atoms with Gasteiger partial charge in [0.15, 0.2) is 0 Å². The van der Waals surface area contributed by atoms with Crippen molar-refractivity contribution in [2.45, 2.75) is 63.5 Å². The van der Waals surface area contributed by atoms with Gasteiger partial charge in [-0.2, -0.15) is 0 Å². The molecule has 0 atom stereocenters. The maximum atomic E-state index is 10.4. The zero-order valence-corrected chi connectivity index (χ0v) is 9.98. The molecule has 0 unspecified atom stereocenters. The Morgan fingerprint density at radius 2 is 1.33 bits per heavy atom. The van der Waals surface area contributed by atoms with Crippen LogP contribution >= 0.6 is 15.9 Å². The molecule has 0 amide bonds. The summed E-state index contributed by atoms with van der Waals surface area (Å²) < 4.78 is 20.8. The van der Waals surface area contributed by atoms with Crippen LogP contribution in [0.4, 0.5) is 0 Å². The van der Waals surface area contributed by atoms with Gasteiger partial charge < -0.3 is 0 Å². The van der Waals surface area contributed by atoms with Crippen molar-refractivity contribution in [2.75, 3.05) is 0 Å². The molecule has 0 heterocycles. The molecule has 2 saturated carbocycles. The van der Waals surface area contributed by atoms with Crippen LogP contribution < -0.4 is 5.14 Å². The van der Waals surface area contributed by atoms with Gasteiger partial charge in [-0.3, -0.25) is 0 Å². The van der Waals surface area contributed by atoms with Gasteiger partial charge in [-0.25, -0.2) is 13.6 Å². The van der Waals surface area contributed by atoms with Crippen molar-refractivity contribution in [2.24, 2.45) is 5.14 Å². The Morgan fingerprint density at radius 1 is 1.00 bits per heavy atom. The van der Waals surface area contributed by atoms with Gasteiger partial charge >= 0.3 is 0 Å². The van der Waals surface area contributed by atoms with E-state index >= 15 is 0 Å². The summed E-state index contributed by atoms with van der Waals surface area (Å²) in [4.78, 5) is 0.877. The number of nitrogens with two attached hydrogens (primary N) is 1. The molecule has 0 radical (unpaired) electrons. The Kier molecular flexibility index (Phi) is 9.04. The van der Waals surface area contributed by atoms with E-state index in [1.165, 1.54) is 19.3 Å². The Balaban J connectivity index is 0. The first-order valence-electron chi connectivity index (χ1n) is 4.66. The predicted molar refractivity (Wildman–Crippen MR) is 70.8 cm³/mol. The second kappa shape index (κ2) is 7.63. The Morgan fingerprint density at radius 3 is 1.33 bits per heavy atom. The lowest BCUT2D eigenvalue weighted by molar-refractivity contribution is 0.477. The maximum Gasteiger partial charge on any atom is 0.211 e. The topological polar surface area (TPSA) is 60.2 Å². The zero-order chi connectivity index (χ0) is 9.90. The summed E-state index contributed by atoms with van der Waals surface area (Å²) in [7, 11) is -3.17. The summed E-state index contributed by atoms with van der Waals surface area (Å²) in [5.41, 5.74) is 0.